The van der Waals surface area contributed by atoms with E-state index in [2.05, 4.69) is 17.9 Å². The lowest BCUT2D eigenvalue weighted by atomic mass is 9.92. The number of piperidine rings is 1. The Balaban J connectivity index is 1.63. The average Bonchev–Trinajstić information content (AvgIpc) is 3.36. The Hall–Kier alpha value is -4.60. The first kappa shape index (κ1) is 36.7. The van der Waals surface area contributed by atoms with Crippen LogP contribution in [0.5, 0.6) is 5.88 Å². The number of aromatic nitrogens is 2. The predicted octanol–water partition coefficient (Wildman–Crippen LogP) is 6.68. The highest BCUT2D eigenvalue weighted by atomic mass is 19.1. The molecule has 0 radical (unpaired) electrons. The fourth-order valence-electron chi connectivity index (χ4n) is 7.11. The summed E-state index contributed by atoms with van der Waals surface area (Å²) in [7, 11) is 3.94. The quantitative estimate of drug-likeness (QED) is 0.138. The Kier molecular flexibility index (Phi) is 10.8. The van der Waals surface area contributed by atoms with E-state index in [4.69, 9.17) is 26.0 Å². The minimum atomic E-state index is -0.596. The van der Waals surface area contributed by atoms with Crippen molar-refractivity contribution in [1.29, 1.82) is 5.26 Å². The molecule has 0 saturated carbocycles. The molecule has 1 aliphatic heterocycles. The number of carbonyl (C=O) groups is 1. The number of fused-ring (bicyclic) bond motifs is 2. The molecule has 3 heterocycles. The lowest BCUT2D eigenvalue weighted by molar-refractivity contribution is 0.0204. The molecule has 1 amide bonds. The van der Waals surface area contributed by atoms with Gasteiger partial charge in [0.1, 0.15) is 22.9 Å². The van der Waals surface area contributed by atoms with Crippen LogP contribution in [-0.4, -0.2) is 76.4 Å². The molecule has 11 nitrogen and oxygen atoms in total. The molecule has 4 aromatic rings. The van der Waals surface area contributed by atoms with Crippen LogP contribution in [0.3, 0.4) is 0 Å². The fourth-order valence-corrected chi connectivity index (χ4v) is 7.11. The number of benzene rings is 2. The largest absolute Gasteiger partial charge is 0.472 e. The molecule has 50 heavy (non-hydrogen) atoms. The van der Waals surface area contributed by atoms with Crippen molar-refractivity contribution in [3.8, 4) is 23.1 Å². The van der Waals surface area contributed by atoms with Crippen LogP contribution in [0.1, 0.15) is 65.0 Å². The molecule has 1 fully saturated rings. The molecular weight excluding hydrogens is 635 g/mol. The van der Waals surface area contributed by atoms with Crippen LogP contribution >= 0.6 is 0 Å². The summed E-state index contributed by atoms with van der Waals surface area (Å²) < 4.78 is 31.1. The summed E-state index contributed by atoms with van der Waals surface area (Å²) in [6.07, 6.45) is 3.58. The first-order valence-electron chi connectivity index (χ1n) is 17.4. The lowest BCUT2D eigenvalue weighted by Crippen LogP contribution is -2.50. The maximum atomic E-state index is 17.2. The zero-order valence-electron chi connectivity index (χ0n) is 30.6. The molecule has 0 bridgehead atoms. The first-order chi connectivity index (χ1) is 23.6. The van der Waals surface area contributed by atoms with Gasteiger partial charge in [-0.1, -0.05) is 19.1 Å². The number of pyridine rings is 1. The number of hydrogen-bond donors (Lipinski definition) is 2. The van der Waals surface area contributed by atoms with Gasteiger partial charge in [0.05, 0.1) is 18.2 Å². The number of rotatable bonds is 10. The summed E-state index contributed by atoms with van der Waals surface area (Å²) in [6.45, 7) is 13.9. The summed E-state index contributed by atoms with van der Waals surface area (Å²) in [5.74, 6) is 6.53. The summed E-state index contributed by atoms with van der Waals surface area (Å²) >= 11 is 0. The SMILES string of the molecule is CCCN(C)CC(C)Oc1nc2c(F)c(-c3cccc4c3c(CC#N)cn4C)c(C)cc2c(N(N)C2CCN(C(=O)OC(C)(C)C)CC2)c1N. The molecule has 4 N–H and O–H groups in total. The number of amides is 1. The van der Waals surface area contributed by atoms with Gasteiger partial charge < -0.3 is 34.6 Å². The second-order valence-electron chi connectivity index (χ2n) is 14.6. The number of carbonyl (C=O) groups excluding carboxylic acids is 1. The molecular formula is C38H51FN8O3. The fraction of sp³-hybridized carbons (Fsp3) is 0.500. The number of hydrazine groups is 1. The number of aryl methyl sites for hydroxylation is 2. The third-order valence-corrected chi connectivity index (χ3v) is 9.28. The number of nitrogens with zero attached hydrogens (tertiary/aromatic N) is 6. The monoisotopic (exact) mass is 686 g/mol. The molecule has 0 spiro atoms. The highest BCUT2D eigenvalue weighted by molar-refractivity contribution is 6.05. The topological polar surface area (TPSA) is 139 Å². The highest BCUT2D eigenvalue weighted by Gasteiger charge is 2.32. The maximum Gasteiger partial charge on any atom is 0.410 e. The van der Waals surface area contributed by atoms with Crippen molar-refractivity contribution in [3.63, 3.8) is 0 Å². The molecule has 5 rings (SSSR count). The van der Waals surface area contributed by atoms with E-state index in [1.165, 1.54) is 0 Å². The Labute approximate surface area is 294 Å². The Morgan fingerprint density at radius 1 is 1.26 bits per heavy atom. The van der Waals surface area contributed by atoms with Gasteiger partial charge in [0.2, 0.25) is 5.88 Å². The smallest absolute Gasteiger partial charge is 0.410 e. The Morgan fingerprint density at radius 2 is 1.96 bits per heavy atom. The average molecular weight is 687 g/mol. The molecule has 1 unspecified atom stereocenters. The van der Waals surface area contributed by atoms with Crippen molar-refractivity contribution in [3.05, 3.63) is 47.4 Å². The van der Waals surface area contributed by atoms with Crippen LogP contribution in [0.15, 0.2) is 30.5 Å². The Morgan fingerprint density at radius 3 is 2.60 bits per heavy atom. The van der Waals surface area contributed by atoms with Gasteiger partial charge in [-0.15, -0.1) is 0 Å². The van der Waals surface area contributed by atoms with E-state index in [9.17, 15) is 10.1 Å². The van der Waals surface area contributed by atoms with Crippen molar-refractivity contribution in [2.45, 2.75) is 85.0 Å². The van der Waals surface area contributed by atoms with E-state index in [1.54, 1.807) is 9.91 Å². The molecule has 1 saturated heterocycles. The van der Waals surface area contributed by atoms with Gasteiger partial charge in [-0.3, -0.25) is 0 Å². The van der Waals surface area contributed by atoms with Crippen LogP contribution in [0.4, 0.5) is 20.6 Å². The van der Waals surface area contributed by atoms with Gasteiger partial charge in [0, 0.05) is 60.8 Å². The minimum absolute atomic E-state index is 0.0929. The van der Waals surface area contributed by atoms with Crippen LogP contribution in [0.2, 0.25) is 0 Å². The molecule has 1 aliphatic rings. The number of nitrogens with two attached hydrogens (primary N) is 2. The first-order valence-corrected chi connectivity index (χ1v) is 17.4. The molecule has 12 heteroatoms. The number of ether oxygens (including phenoxy) is 2. The molecule has 1 atom stereocenters. The van der Waals surface area contributed by atoms with Gasteiger partial charge in [-0.05, 0) is 96.3 Å². The second kappa shape index (κ2) is 14.7. The minimum Gasteiger partial charge on any atom is -0.472 e. The van der Waals surface area contributed by atoms with Gasteiger partial charge in [-0.2, -0.15) is 5.26 Å². The van der Waals surface area contributed by atoms with E-state index in [1.807, 2.05) is 83.7 Å². The summed E-state index contributed by atoms with van der Waals surface area (Å²) in [4.78, 5) is 21.4. The normalized spacial score (nSPS) is 14.7. The zero-order chi connectivity index (χ0) is 36.5. The Bertz CT molecular complexity index is 1920. The molecule has 2 aromatic carbocycles. The standard InChI is InChI=1S/C38H51FN8O3/c1-9-17-44(7)21-24(3)49-36-33(41)35(47(42)26-14-18-46(19-15-26)37(48)50-38(4,5)6)28-20-23(2)30(32(39)34(28)43-36)27-11-10-12-29-31(27)25(13-16-40)22-45(29)8/h10-12,20,22,24,26H,9,13-15,17-19,21,41-42H2,1-8H3. The predicted molar refractivity (Wildman–Crippen MR) is 197 cm³/mol. The van der Waals surface area contributed by atoms with Gasteiger partial charge in [0.15, 0.2) is 5.82 Å². The highest BCUT2D eigenvalue weighted by Crippen LogP contribution is 2.44. The van der Waals surface area contributed by atoms with Crippen molar-refractivity contribution in [2.24, 2.45) is 12.9 Å². The number of likely N-dealkylation sites (N-methyl/N-ethyl adjacent to an activating group) is 1. The molecule has 2 aromatic heterocycles. The van der Waals surface area contributed by atoms with Crippen LogP contribution in [0.25, 0.3) is 32.9 Å². The summed E-state index contributed by atoms with van der Waals surface area (Å²) in [5, 5.41) is 12.5. The van der Waals surface area contributed by atoms with E-state index < -0.39 is 11.4 Å². The van der Waals surface area contributed by atoms with Gasteiger partial charge >= 0.3 is 6.09 Å². The number of nitriles is 1. The number of hydrogen-bond acceptors (Lipinski definition) is 9. The summed E-state index contributed by atoms with van der Waals surface area (Å²) in [5.41, 5.74) is 10.5. The van der Waals surface area contributed by atoms with Crippen molar-refractivity contribution < 1.29 is 18.7 Å². The van der Waals surface area contributed by atoms with Crippen molar-refractivity contribution in [1.82, 2.24) is 19.4 Å². The maximum absolute atomic E-state index is 17.2. The van der Waals surface area contributed by atoms with Crippen LogP contribution in [-0.2, 0) is 18.2 Å². The van der Waals surface area contributed by atoms with Gasteiger partial charge in [0.25, 0.3) is 0 Å². The van der Waals surface area contributed by atoms with E-state index >= 15 is 4.39 Å². The van der Waals surface area contributed by atoms with Crippen LogP contribution in [0, 0.1) is 24.1 Å². The number of likely N-dealkylation sites (tertiary alicyclic amines) is 1. The van der Waals surface area contributed by atoms with Crippen molar-refractivity contribution in [2.75, 3.05) is 44.0 Å². The molecule has 268 valence electrons. The number of halogens is 1. The zero-order valence-corrected chi connectivity index (χ0v) is 30.6. The van der Waals surface area contributed by atoms with Crippen LogP contribution < -0.4 is 21.3 Å². The number of anilines is 2. The third-order valence-electron chi connectivity index (χ3n) is 9.28. The number of nitrogen functional groups attached to an aromatic ring is 1. The third kappa shape index (κ3) is 7.44. The van der Waals surface area contributed by atoms with Gasteiger partial charge in [-0.25, -0.2) is 20.0 Å². The van der Waals surface area contributed by atoms with E-state index in [-0.39, 0.29) is 41.7 Å². The van der Waals surface area contributed by atoms with Crippen molar-refractivity contribution >= 4 is 39.3 Å². The lowest BCUT2D eigenvalue weighted by Gasteiger charge is -2.38. The van der Waals surface area contributed by atoms with E-state index in [0.29, 0.717) is 60.2 Å². The second-order valence-corrected chi connectivity index (χ2v) is 14.6. The summed E-state index contributed by atoms with van der Waals surface area (Å²) in [6, 6.07) is 9.68. The van der Waals surface area contributed by atoms with E-state index in [0.717, 1.165) is 29.4 Å². The molecule has 0 aliphatic carbocycles.